The zero-order chi connectivity index (χ0) is 15.2. The van der Waals surface area contributed by atoms with E-state index in [1.807, 2.05) is 6.92 Å². The first kappa shape index (κ1) is 14.8. The van der Waals surface area contributed by atoms with Gasteiger partial charge < -0.3 is 10.2 Å². The summed E-state index contributed by atoms with van der Waals surface area (Å²) in [6, 6.07) is -0.524. The van der Waals surface area contributed by atoms with E-state index in [0.29, 0.717) is 10.7 Å². The van der Waals surface area contributed by atoms with Crippen molar-refractivity contribution < 1.29 is 9.59 Å². The quantitative estimate of drug-likeness (QED) is 0.886. The Hall–Kier alpha value is -1.56. The number of piperazine rings is 1. The molecule has 2 rings (SSSR count). The van der Waals surface area contributed by atoms with E-state index in [1.54, 1.807) is 37.4 Å². The molecule has 0 aliphatic carbocycles. The van der Waals surface area contributed by atoms with Gasteiger partial charge in [-0.05, 0) is 27.7 Å². The van der Waals surface area contributed by atoms with Crippen molar-refractivity contribution in [3.05, 3.63) is 16.4 Å². The van der Waals surface area contributed by atoms with Crippen LogP contribution >= 0.6 is 11.6 Å². The Balaban J connectivity index is 2.39. The molecule has 6 nitrogen and oxygen atoms in total. The summed E-state index contributed by atoms with van der Waals surface area (Å²) in [5, 5.41) is 7.45. The zero-order valence-corrected chi connectivity index (χ0v) is 13.1. The minimum Gasteiger partial charge on any atom is -0.343 e. The molecule has 0 spiro atoms. The zero-order valence-electron chi connectivity index (χ0n) is 12.3. The normalized spacial score (nSPS) is 22.1. The number of aryl methyl sites for hydroxylation is 2. The number of nitrogens with one attached hydrogen (secondary N) is 1. The third-order valence-electron chi connectivity index (χ3n) is 3.78. The third-order valence-corrected chi connectivity index (χ3v) is 4.28. The lowest BCUT2D eigenvalue weighted by Crippen LogP contribution is -2.67. The third kappa shape index (κ3) is 2.18. The summed E-state index contributed by atoms with van der Waals surface area (Å²) in [4.78, 5) is 26.0. The first-order valence-corrected chi connectivity index (χ1v) is 6.84. The van der Waals surface area contributed by atoms with Crippen LogP contribution in [0.15, 0.2) is 0 Å². The van der Waals surface area contributed by atoms with Gasteiger partial charge in [-0.3, -0.25) is 14.3 Å². The molecule has 20 heavy (non-hydrogen) atoms. The van der Waals surface area contributed by atoms with Crippen LogP contribution in [0.5, 0.6) is 0 Å². The average molecular weight is 299 g/mol. The second-order valence-electron chi connectivity index (χ2n) is 5.65. The molecule has 7 heteroatoms. The van der Waals surface area contributed by atoms with Crippen molar-refractivity contribution in [2.24, 2.45) is 7.05 Å². The van der Waals surface area contributed by atoms with E-state index in [4.69, 9.17) is 11.6 Å². The molecule has 0 bridgehead atoms. The first-order chi connectivity index (χ1) is 9.16. The van der Waals surface area contributed by atoms with E-state index in [2.05, 4.69) is 10.4 Å². The SMILES string of the molecule is Cc1nn(C)c(CN2C(=O)C(C)NC(=O)C2(C)C)c1Cl. The number of nitrogens with zero attached hydrogens (tertiary/aromatic N) is 3. The van der Waals surface area contributed by atoms with E-state index < -0.39 is 11.6 Å². The van der Waals surface area contributed by atoms with Crippen molar-refractivity contribution in [1.82, 2.24) is 20.0 Å². The van der Waals surface area contributed by atoms with Crippen LogP contribution in [0.25, 0.3) is 0 Å². The lowest BCUT2D eigenvalue weighted by molar-refractivity contribution is -0.155. The van der Waals surface area contributed by atoms with E-state index in [0.717, 1.165) is 5.69 Å². The van der Waals surface area contributed by atoms with Crippen LogP contribution in [0, 0.1) is 6.92 Å². The van der Waals surface area contributed by atoms with Gasteiger partial charge in [0.2, 0.25) is 11.8 Å². The molecule has 1 aromatic rings. The Morgan fingerprint density at radius 1 is 1.40 bits per heavy atom. The predicted octanol–water partition coefficient (Wildman–Crippen LogP) is 1.01. The minimum atomic E-state index is -0.912. The number of amides is 2. The summed E-state index contributed by atoms with van der Waals surface area (Å²) in [6.45, 7) is 7.20. The van der Waals surface area contributed by atoms with Crippen LogP contribution in [0.3, 0.4) is 0 Å². The highest BCUT2D eigenvalue weighted by Crippen LogP contribution is 2.27. The molecule has 0 radical (unpaired) electrons. The molecule has 1 fully saturated rings. The molecular formula is C13H19ClN4O2. The van der Waals surface area contributed by atoms with Crippen LogP contribution in [0.2, 0.25) is 5.02 Å². The fourth-order valence-corrected chi connectivity index (χ4v) is 2.56. The molecule has 0 saturated carbocycles. The summed E-state index contributed by atoms with van der Waals surface area (Å²) in [5.41, 5.74) is 0.530. The minimum absolute atomic E-state index is 0.121. The highest BCUT2D eigenvalue weighted by Gasteiger charge is 2.45. The Morgan fingerprint density at radius 3 is 2.50 bits per heavy atom. The number of carbonyl (C=O) groups is 2. The standard InChI is InChI=1S/C13H19ClN4O2/c1-7-10(14)9(17(5)16-7)6-18-11(19)8(2)15-12(20)13(18,3)4/h8H,6H2,1-5H3,(H,15,20). The van der Waals surface area contributed by atoms with Gasteiger partial charge in [0, 0.05) is 7.05 Å². The van der Waals surface area contributed by atoms with Gasteiger partial charge >= 0.3 is 0 Å². The molecule has 1 aromatic heterocycles. The van der Waals surface area contributed by atoms with Gasteiger partial charge in [0.1, 0.15) is 11.6 Å². The van der Waals surface area contributed by atoms with Crippen LogP contribution in [-0.2, 0) is 23.2 Å². The topological polar surface area (TPSA) is 67.2 Å². The smallest absolute Gasteiger partial charge is 0.246 e. The summed E-state index contributed by atoms with van der Waals surface area (Å²) in [5.74, 6) is -0.288. The number of hydrogen-bond donors (Lipinski definition) is 1. The summed E-state index contributed by atoms with van der Waals surface area (Å²) in [7, 11) is 1.78. The molecule has 1 aliphatic heterocycles. The van der Waals surface area contributed by atoms with Crippen LogP contribution in [-0.4, -0.2) is 38.1 Å². The molecule has 1 N–H and O–H groups in total. The van der Waals surface area contributed by atoms with E-state index in [-0.39, 0.29) is 18.4 Å². The molecule has 110 valence electrons. The molecule has 1 unspecified atom stereocenters. The van der Waals surface area contributed by atoms with E-state index in [9.17, 15) is 9.59 Å². The molecule has 2 amide bonds. The second-order valence-corrected chi connectivity index (χ2v) is 6.03. The molecule has 2 heterocycles. The number of aromatic nitrogens is 2. The molecule has 1 saturated heterocycles. The van der Waals surface area contributed by atoms with Crippen molar-refractivity contribution in [2.75, 3.05) is 0 Å². The Labute approximate surface area is 123 Å². The molecule has 1 atom stereocenters. The second kappa shape index (κ2) is 4.77. The van der Waals surface area contributed by atoms with Crippen molar-refractivity contribution in [1.29, 1.82) is 0 Å². The van der Waals surface area contributed by atoms with Gasteiger partial charge in [-0.2, -0.15) is 5.10 Å². The highest BCUT2D eigenvalue weighted by molar-refractivity contribution is 6.31. The number of carbonyl (C=O) groups excluding carboxylic acids is 2. The van der Waals surface area contributed by atoms with Crippen LogP contribution in [0.4, 0.5) is 0 Å². The average Bonchev–Trinajstić information content (AvgIpc) is 2.58. The van der Waals surface area contributed by atoms with Crippen LogP contribution < -0.4 is 5.32 Å². The van der Waals surface area contributed by atoms with E-state index >= 15 is 0 Å². The van der Waals surface area contributed by atoms with E-state index in [1.165, 1.54) is 0 Å². The summed E-state index contributed by atoms with van der Waals surface area (Å²) >= 11 is 6.23. The molecule has 0 aromatic carbocycles. The number of halogens is 1. The Morgan fingerprint density at radius 2 is 2.00 bits per heavy atom. The summed E-state index contributed by atoms with van der Waals surface area (Å²) < 4.78 is 1.65. The Bertz CT molecular complexity index is 579. The number of rotatable bonds is 2. The largest absolute Gasteiger partial charge is 0.343 e. The Kier molecular flexibility index (Phi) is 3.54. The maximum Gasteiger partial charge on any atom is 0.246 e. The first-order valence-electron chi connectivity index (χ1n) is 6.46. The van der Waals surface area contributed by atoms with Gasteiger partial charge in [0.15, 0.2) is 0 Å². The van der Waals surface area contributed by atoms with Gasteiger partial charge in [0.05, 0.1) is 23.0 Å². The van der Waals surface area contributed by atoms with Crippen molar-refractivity contribution in [2.45, 2.75) is 45.8 Å². The van der Waals surface area contributed by atoms with Gasteiger partial charge in [-0.1, -0.05) is 11.6 Å². The monoisotopic (exact) mass is 298 g/mol. The fraction of sp³-hybridized carbons (Fsp3) is 0.615. The lowest BCUT2D eigenvalue weighted by Gasteiger charge is -2.43. The van der Waals surface area contributed by atoms with Gasteiger partial charge in [-0.15, -0.1) is 0 Å². The molecular weight excluding hydrogens is 280 g/mol. The maximum atomic E-state index is 12.4. The summed E-state index contributed by atoms with van der Waals surface area (Å²) in [6.07, 6.45) is 0. The van der Waals surface area contributed by atoms with Crippen molar-refractivity contribution in [3.63, 3.8) is 0 Å². The number of hydrogen-bond acceptors (Lipinski definition) is 3. The van der Waals surface area contributed by atoms with Gasteiger partial charge in [0.25, 0.3) is 0 Å². The van der Waals surface area contributed by atoms with Crippen LogP contribution in [0.1, 0.15) is 32.2 Å². The van der Waals surface area contributed by atoms with Crippen molar-refractivity contribution >= 4 is 23.4 Å². The molecule has 1 aliphatic rings. The highest BCUT2D eigenvalue weighted by atomic mass is 35.5. The lowest BCUT2D eigenvalue weighted by atomic mass is 9.96. The predicted molar refractivity (Wildman–Crippen MR) is 75.2 cm³/mol. The van der Waals surface area contributed by atoms with Crippen molar-refractivity contribution in [3.8, 4) is 0 Å². The fourth-order valence-electron chi connectivity index (χ4n) is 2.34. The maximum absolute atomic E-state index is 12.4. The van der Waals surface area contributed by atoms with Gasteiger partial charge in [-0.25, -0.2) is 0 Å².